The van der Waals surface area contributed by atoms with E-state index in [0.29, 0.717) is 5.56 Å². The number of likely N-dealkylation sites (N-methyl/N-ethyl adjacent to an activating group) is 1. The molecule has 2 N–H and O–H groups in total. The molecule has 9 heteroatoms. The van der Waals surface area contributed by atoms with E-state index in [-0.39, 0.29) is 21.8 Å². The van der Waals surface area contributed by atoms with Gasteiger partial charge in [0.2, 0.25) is 5.91 Å². The highest BCUT2D eigenvalue weighted by Gasteiger charge is 2.24. The van der Waals surface area contributed by atoms with E-state index in [4.69, 9.17) is 0 Å². The van der Waals surface area contributed by atoms with Gasteiger partial charge in [-0.05, 0) is 47.5 Å². The Morgan fingerprint density at radius 1 is 0.906 bits per heavy atom. The average molecular weight is 458 g/mol. The minimum atomic E-state index is -3.54. The van der Waals surface area contributed by atoms with Gasteiger partial charge in [-0.3, -0.25) is 9.59 Å². The molecule has 0 spiro atoms. The lowest BCUT2D eigenvalue weighted by molar-refractivity contribution is -0.122. The van der Waals surface area contributed by atoms with Crippen molar-refractivity contribution in [3.05, 3.63) is 101 Å². The van der Waals surface area contributed by atoms with Crippen molar-refractivity contribution in [2.75, 3.05) is 7.05 Å². The number of hydrogen-bond donors (Lipinski definition) is 2. The summed E-state index contributed by atoms with van der Waals surface area (Å²) in [6.07, 6.45) is 0. The number of rotatable bonds is 7. The second kappa shape index (κ2) is 9.69. The van der Waals surface area contributed by atoms with Gasteiger partial charge in [0.1, 0.15) is 6.04 Å². The lowest BCUT2D eigenvalue weighted by Crippen LogP contribution is -2.39. The number of hydrogen-bond acceptors (Lipinski definition) is 4. The van der Waals surface area contributed by atoms with Crippen LogP contribution in [-0.4, -0.2) is 27.3 Å². The molecule has 6 nitrogen and oxygen atoms in total. The van der Waals surface area contributed by atoms with E-state index >= 15 is 0 Å². The largest absolute Gasteiger partial charge is 0.357 e. The molecule has 0 heterocycles. The van der Waals surface area contributed by atoms with E-state index in [9.17, 15) is 26.8 Å². The highest BCUT2D eigenvalue weighted by atomic mass is 32.2. The molecule has 0 saturated heterocycles. The maximum absolute atomic E-state index is 13.6. The van der Waals surface area contributed by atoms with Crippen molar-refractivity contribution in [2.45, 2.75) is 16.7 Å². The van der Waals surface area contributed by atoms with Crippen LogP contribution in [0.2, 0.25) is 0 Å². The Labute approximate surface area is 184 Å². The summed E-state index contributed by atoms with van der Waals surface area (Å²) in [6, 6.07) is 15.5. The van der Waals surface area contributed by atoms with Gasteiger partial charge in [-0.2, -0.15) is 0 Å². The zero-order valence-corrected chi connectivity index (χ0v) is 17.8. The monoisotopic (exact) mass is 458 g/mol. The molecule has 1 unspecified atom stereocenters. The summed E-state index contributed by atoms with van der Waals surface area (Å²) in [5.74, 6) is -3.71. The van der Waals surface area contributed by atoms with Crippen LogP contribution in [0.1, 0.15) is 27.5 Å². The van der Waals surface area contributed by atoms with Crippen molar-refractivity contribution in [3.63, 3.8) is 0 Å². The fourth-order valence-corrected chi connectivity index (χ4v) is 4.40. The van der Waals surface area contributed by atoms with E-state index in [1.165, 1.54) is 49.5 Å². The van der Waals surface area contributed by atoms with Crippen LogP contribution in [0.5, 0.6) is 0 Å². The molecule has 0 aliphatic heterocycles. The number of amides is 2. The molecule has 2 amide bonds. The zero-order valence-electron chi connectivity index (χ0n) is 17.0. The van der Waals surface area contributed by atoms with Gasteiger partial charge < -0.3 is 10.6 Å². The number of carbonyl (C=O) groups excluding carboxylic acids is 2. The molecule has 0 radical (unpaired) electrons. The molecule has 3 aromatic carbocycles. The summed E-state index contributed by atoms with van der Waals surface area (Å²) in [7, 11) is -2.19. The smallest absolute Gasteiger partial charge is 0.252 e. The van der Waals surface area contributed by atoms with Crippen molar-refractivity contribution < 1.29 is 26.8 Å². The molecule has 3 rings (SSSR count). The van der Waals surface area contributed by atoms with E-state index in [1.807, 2.05) is 0 Å². The minimum absolute atomic E-state index is 0.0715. The Hall–Kier alpha value is -3.59. The van der Waals surface area contributed by atoms with Crippen molar-refractivity contribution >= 4 is 21.7 Å². The Morgan fingerprint density at radius 2 is 1.56 bits per heavy atom. The van der Waals surface area contributed by atoms with Crippen LogP contribution in [0.4, 0.5) is 8.78 Å². The van der Waals surface area contributed by atoms with E-state index in [2.05, 4.69) is 10.6 Å². The zero-order chi connectivity index (χ0) is 23.3. The van der Waals surface area contributed by atoms with Gasteiger partial charge in [0.15, 0.2) is 21.5 Å². The molecule has 0 saturated carbocycles. The van der Waals surface area contributed by atoms with Crippen molar-refractivity contribution in [1.82, 2.24) is 10.6 Å². The van der Waals surface area contributed by atoms with Gasteiger partial charge >= 0.3 is 0 Å². The van der Waals surface area contributed by atoms with Crippen LogP contribution >= 0.6 is 0 Å². The minimum Gasteiger partial charge on any atom is -0.357 e. The number of sulfone groups is 1. The fourth-order valence-electron chi connectivity index (χ4n) is 3.03. The molecule has 32 heavy (non-hydrogen) atoms. The topological polar surface area (TPSA) is 92.3 Å². The van der Waals surface area contributed by atoms with Crippen molar-refractivity contribution in [1.29, 1.82) is 0 Å². The van der Waals surface area contributed by atoms with E-state index < -0.39 is 39.3 Å². The van der Waals surface area contributed by atoms with E-state index in [0.717, 1.165) is 12.1 Å². The Kier molecular flexibility index (Phi) is 6.99. The third kappa shape index (κ3) is 5.36. The molecule has 3 aromatic rings. The first-order valence-electron chi connectivity index (χ1n) is 9.55. The molecule has 0 aliphatic carbocycles. The van der Waals surface area contributed by atoms with Crippen molar-refractivity contribution in [2.24, 2.45) is 0 Å². The third-order valence-corrected chi connectivity index (χ3v) is 6.44. The normalized spacial score (nSPS) is 12.1. The van der Waals surface area contributed by atoms with Gasteiger partial charge in [0.25, 0.3) is 5.91 Å². The quantitative estimate of drug-likeness (QED) is 0.569. The van der Waals surface area contributed by atoms with Crippen LogP contribution < -0.4 is 10.6 Å². The first-order chi connectivity index (χ1) is 15.2. The van der Waals surface area contributed by atoms with E-state index in [1.54, 1.807) is 18.2 Å². The molecule has 0 aromatic heterocycles. The summed E-state index contributed by atoms with van der Waals surface area (Å²) in [4.78, 5) is 25.0. The lowest BCUT2D eigenvalue weighted by atomic mass is 10.0. The van der Waals surface area contributed by atoms with Gasteiger partial charge in [-0.1, -0.05) is 36.4 Å². The predicted octanol–water partition coefficient (Wildman–Crippen LogP) is 3.16. The molecule has 0 bridgehead atoms. The highest BCUT2D eigenvalue weighted by molar-refractivity contribution is 7.90. The summed E-state index contributed by atoms with van der Waals surface area (Å²) >= 11 is 0. The summed E-state index contributed by atoms with van der Waals surface area (Å²) in [6.45, 7) is 0. The van der Waals surface area contributed by atoms with Gasteiger partial charge in [0.05, 0.1) is 10.6 Å². The van der Waals surface area contributed by atoms with Crippen LogP contribution in [0.25, 0.3) is 0 Å². The third-order valence-electron chi connectivity index (χ3n) is 4.74. The van der Waals surface area contributed by atoms with Crippen LogP contribution in [0.3, 0.4) is 0 Å². The highest BCUT2D eigenvalue weighted by Crippen LogP contribution is 2.19. The van der Waals surface area contributed by atoms with Crippen LogP contribution in [0, 0.1) is 11.6 Å². The van der Waals surface area contributed by atoms with Crippen LogP contribution in [0.15, 0.2) is 77.7 Å². The Balaban J connectivity index is 1.76. The first-order valence-corrected chi connectivity index (χ1v) is 11.2. The maximum Gasteiger partial charge on any atom is 0.252 e. The fraction of sp³-hybridized carbons (Fsp3) is 0.130. The first kappa shape index (κ1) is 23.1. The number of nitrogens with one attached hydrogen (secondary N) is 2. The SMILES string of the molecule is CNC(=O)C(NC(=O)c1ccc(CS(=O)(=O)c2ccccc2)cc1)c1ccc(F)c(F)c1. The van der Waals surface area contributed by atoms with Crippen LogP contribution in [-0.2, 0) is 20.4 Å². The Morgan fingerprint density at radius 3 is 2.16 bits per heavy atom. The summed E-state index contributed by atoms with van der Waals surface area (Å²) < 4.78 is 51.8. The molecular weight excluding hydrogens is 438 g/mol. The predicted molar refractivity (Wildman–Crippen MR) is 114 cm³/mol. The summed E-state index contributed by atoms with van der Waals surface area (Å²) in [5.41, 5.74) is 0.721. The number of halogens is 2. The van der Waals surface area contributed by atoms with Gasteiger partial charge in [-0.25, -0.2) is 17.2 Å². The Bertz CT molecular complexity index is 1230. The van der Waals surface area contributed by atoms with Crippen molar-refractivity contribution in [3.8, 4) is 0 Å². The standard InChI is InChI=1S/C23H20F2N2O4S/c1-26-23(29)21(17-11-12-19(24)20(25)13-17)27-22(28)16-9-7-15(8-10-16)14-32(30,31)18-5-3-2-4-6-18/h2-13,21H,14H2,1H3,(H,26,29)(H,27,28). The van der Waals surface area contributed by atoms with Gasteiger partial charge in [-0.15, -0.1) is 0 Å². The molecule has 0 aliphatic rings. The molecule has 1 atom stereocenters. The lowest BCUT2D eigenvalue weighted by Gasteiger charge is -2.18. The average Bonchev–Trinajstić information content (AvgIpc) is 2.79. The molecule has 166 valence electrons. The molecule has 0 fully saturated rings. The summed E-state index contributed by atoms with van der Waals surface area (Å²) in [5, 5.41) is 4.85. The molecular formula is C23H20F2N2O4S. The van der Waals surface area contributed by atoms with Gasteiger partial charge in [0, 0.05) is 12.6 Å². The number of carbonyl (C=O) groups is 2. The maximum atomic E-state index is 13.6. The second-order valence-electron chi connectivity index (χ2n) is 6.96. The number of benzene rings is 3. The second-order valence-corrected chi connectivity index (χ2v) is 8.95.